The number of nitrogens with zero attached hydrogens (tertiary/aromatic N) is 6. The summed E-state index contributed by atoms with van der Waals surface area (Å²) in [6.07, 6.45) is 15.1. The molecule has 1 saturated carbocycles. The quantitative estimate of drug-likeness (QED) is 0.227. The van der Waals surface area contributed by atoms with Crippen LogP contribution in [0.25, 0.3) is 11.2 Å². The Balaban J connectivity index is 1.13. The van der Waals surface area contributed by atoms with Crippen LogP contribution in [0.3, 0.4) is 0 Å². The van der Waals surface area contributed by atoms with Crippen LogP contribution in [0.2, 0.25) is 0 Å². The molecule has 5 aromatic heterocycles. The van der Waals surface area contributed by atoms with Crippen molar-refractivity contribution in [2.75, 3.05) is 0 Å². The first-order valence-corrected chi connectivity index (χ1v) is 11.8. The second kappa shape index (κ2) is 7.84. The number of pyridine rings is 2. The van der Waals surface area contributed by atoms with E-state index in [0.29, 0.717) is 30.9 Å². The molecular weight excluding hydrogens is 515 g/mol. The number of ketones is 1. The van der Waals surface area contributed by atoms with Crippen molar-refractivity contribution in [3.05, 3.63) is 87.7 Å². The molecule has 1 fully saturated rings. The smallest absolute Gasteiger partial charge is 0.166 e. The Kier molecular flexibility index (Phi) is 4.82. The average molecular weight is 536 g/mol. The van der Waals surface area contributed by atoms with Crippen LogP contribution in [0.15, 0.2) is 61.6 Å². The molecule has 8 heteroatoms. The number of rotatable bonds is 7. The Morgan fingerprint density at radius 3 is 2.91 bits per heavy atom. The molecule has 1 aliphatic rings. The third-order valence-corrected chi connectivity index (χ3v) is 6.69. The summed E-state index contributed by atoms with van der Waals surface area (Å²) in [7, 11) is 0. The summed E-state index contributed by atoms with van der Waals surface area (Å²) in [4.78, 5) is 21.9. The zero-order valence-electron chi connectivity index (χ0n) is 17.4. The van der Waals surface area contributed by atoms with E-state index in [2.05, 4.69) is 67.7 Å². The minimum absolute atomic E-state index is 0.0760. The summed E-state index contributed by atoms with van der Waals surface area (Å²) in [6.45, 7) is 0.540. The van der Waals surface area contributed by atoms with Crippen LogP contribution in [0, 0.1) is 3.57 Å². The first kappa shape index (κ1) is 19.7. The van der Waals surface area contributed by atoms with Crippen molar-refractivity contribution in [1.29, 1.82) is 0 Å². The monoisotopic (exact) mass is 536 g/mol. The minimum Gasteiger partial charge on any atom is -0.306 e. The molecule has 0 unspecified atom stereocenters. The SMILES string of the molecule is O=C(CCc1ncn2ccc(I)cc12)c1cnn(Cc2cn3cc(C4CC4)ccc3n2)c1. The summed E-state index contributed by atoms with van der Waals surface area (Å²) in [5.41, 5.74) is 5.88. The molecule has 0 saturated heterocycles. The number of halogens is 1. The molecule has 32 heavy (non-hydrogen) atoms. The molecule has 160 valence electrons. The first-order chi connectivity index (χ1) is 15.6. The van der Waals surface area contributed by atoms with Gasteiger partial charge in [0.05, 0.1) is 41.5 Å². The molecule has 0 aromatic carbocycles. The van der Waals surface area contributed by atoms with Gasteiger partial charge in [-0.1, -0.05) is 6.07 Å². The van der Waals surface area contributed by atoms with Crippen LogP contribution < -0.4 is 0 Å². The molecule has 0 radical (unpaired) electrons. The Bertz CT molecular complexity index is 1460. The highest BCUT2D eigenvalue weighted by Gasteiger charge is 2.23. The normalized spacial score (nSPS) is 13.9. The van der Waals surface area contributed by atoms with Gasteiger partial charge in [0, 0.05) is 34.8 Å². The highest BCUT2D eigenvalue weighted by molar-refractivity contribution is 14.1. The molecule has 0 spiro atoms. The van der Waals surface area contributed by atoms with Gasteiger partial charge in [-0.3, -0.25) is 9.48 Å². The van der Waals surface area contributed by atoms with Gasteiger partial charge in [0.25, 0.3) is 0 Å². The summed E-state index contributed by atoms with van der Waals surface area (Å²) in [5.74, 6) is 0.792. The third kappa shape index (κ3) is 3.83. The number of hydrogen-bond acceptors (Lipinski definition) is 4. The van der Waals surface area contributed by atoms with Crippen LogP contribution in [0.4, 0.5) is 0 Å². The minimum atomic E-state index is 0.0760. The van der Waals surface area contributed by atoms with Crippen molar-refractivity contribution in [3.63, 3.8) is 0 Å². The van der Waals surface area contributed by atoms with Crippen molar-refractivity contribution in [2.24, 2.45) is 0 Å². The van der Waals surface area contributed by atoms with Gasteiger partial charge in [-0.25, -0.2) is 9.97 Å². The van der Waals surface area contributed by atoms with E-state index in [1.165, 1.54) is 18.4 Å². The zero-order chi connectivity index (χ0) is 21.7. The van der Waals surface area contributed by atoms with E-state index in [1.807, 2.05) is 22.9 Å². The molecule has 1 aliphatic carbocycles. The summed E-state index contributed by atoms with van der Waals surface area (Å²) < 4.78 is 7.02. The van der Waals surface area contributed by atoms with Gasteiger partial charge < -0.3 is 8.80 Å². The third-order valence-electron chi connectivity index (χ3n) is 6.02. The van der Waals surface area contributed by atoms with E-state index in [0.717, 1.165) is 26.1 Å². The standard InChI is InChI=1S/C24H21IN6O/c25-19-7-8-29-15-26-21(22(29)9-19)4-5-23(32)18-10-27-31(12-18)14-20-13-30-11-17(16-1-2-16)3-6-24(30)28-20/h3,6-13,15-16H,1-2,4-5,14H2. The molecule has 0 bridgehead atoms. The Morgan fingerprint density at radius 1 is 1.12 bits per heavy atom. The largest absolute Gasteiger partial charge is 0.306 e. The molecule has 0 aliphatic heterocycles. The maximum atomic E-state index is 12.7. The van der Waals surface area contributed by atoms with Gasteiger partial charge in [-0.05, 0) is 71.5 Å². The Morgan fingerprint density at radius 2 is 2.03 bits per heavy atom. The molecule has 5 heterocycles. The van der Waals surface area contributed by atoms with Crippen molar-refractivity contribution in [3.8, 4) is 0 Å². The summed E-state index contributed by atoms with van der Waals surface area (Å²) in [5, 5.41) is 4.39. The number of Topliss-reactive ketones (excluding diaryl/α,β-unsaturated/α-hetero) is 1. The van der Waals surface area contributed by atoms with E-state index in [-0.39, 0.29) is 5.78 Å². The van der Waals surface area contributed by atoms with Crippen LogP contribution in [-0.4, -0.2) is 34.3 Å². The molecule has 0 amide bonds. The van der Waals surface area contributed by atoms with Gasteiger partial charge in [0.2, 0.25) is 0 Å². The lowest BCUT2D eigenvalue weighted by Crippen LogP contribution is -2.02. The Hall–Kier alpha value is -3.01. The fraction of sp³-hybridized carbons (Fsp3) is 0.250. The van der Waals surface area contributed by atoms with Crippen molar-refractivity contribution in [2.45, 2.75) is 38.1 Å². The van der Waals surface area contributed by atoms with E-state index in [9.17, 15) is 4.79 Å². The van der Waals surface area contributed by atoms with Crippen molar-refractivity contribution in [1.82, 2.24) is 28.5 Å². The second-order valence-corrected chi connectivity index (χ2v) is 9.66. The average Bonchev–Trinajstić information content (AvgIpc) is 3.21. The lowest BCUT2D eigenvalue weighted by molar-refractivity contribution is 0.0982. The number of carbonyl (C=O) groups is 1. The second-order valence-electron chi connectivity index (χ2n) is 8.41. The molecule has 0 N–H and O–H groups in total. The van der Waals surface area contributed by atoms with Gasteiger partial charge in [-0.2, -0.15) is 5.10 Å². The molecule has 5 aromatic rings. The number of hydrogen-bond donors (Lipinski definition) is 0. The van der Waals surface area contributed by atoms with Gasteiger partial charge in [0.15, 0.2) is 5.78 Å². The highest BCUT2D eigenvalue weighted by Crippen LogP contribution is 2.39. The Labute approximate surface area is 198 Å². The maximum Gasteiger partial charge on any atom is 0.166 e. The van der Waals surface area contributed by atoms with Gasteiger partial charge in [0.1, 0.15) is 5.65 Å². The van der Waals surface area contributed by atoms with E-state index in [4.69, 9.17) is 4.98 Å². The van der Waals surface area contributed by atoms with Gasteiger partial charge in [-0.15, -0.1) is 0 Å². The number of aromatic nitrogens is 6. The fourth-order valence-corrected chi connectivity index (χ4v) is 4.60. The van der Waals surface area contributed by atoms with E-state index in [1.54, 1.807) is 17.2 Å². The predicted octanol–water partition coefficient (Wildman–Crippen LogP) is 4.52. The lowest BCUT2D eigenvalue weighted by Gasteiger charge is -2.00. The molecular formula is C24H21IN6O. The number of aryl methyl sites for hydroxylation is 1. The predicted molar refractivity (Wildman–Crippen MR) is 129 cm³/mol. The van der Waals surface area contributed by atoms with Crippen LogP contribution in [-0.2, 0) is 13.0 Å². The van der Waals surface area contributed by atoms with Crippen molar-refractivity contribution < 1.29 is 4.79 Å². The van der Waals surface area contributed by atoms with Crippen LogP contribution >= 0.6 is 22.6 Å². The fourth-order valence-electron chi connectivity index (χ4n) is 4.14. The van der Waals surface area contributed by atoms with E-state index >= 15 is 0 Å². The lowest BCUT2D eigenvalue weighted by atomic mass is 10.1. The summed E-state index contributed by atoms with van der Waals surface area (Å²) >= 11 is 2.29. The number of imidazole rings is 2. The molecule has 6 rings (SSSR count). The van der Waals surface area contributed by atoms with E-state index < -0.39 is 0 Å². The van der Waals surface area contributed by atoms with Crippen molar-refractivity contribution >= 4 is 39.5 Å². The summed E-state index contributed by atoms with van der Waals surface area (Å²) in [6, 6.07) is 8.38. The number of carbonyl (C=O) groups excluding carboxylic acids is 1. The topological polar surface area (TPSA) is 69.5 Å². The van der Waals surface area contributed by atoms with Crippen LogP contribution in [0.5, 0.6) is 0 Å². The van der Waals surface area contributed by atoms with Crippen LogP contribution in [0.1, 0.15) is 52.5 Å². The number of fused-ring (bicyclic) bond motifs is 2. The molecule has 7 nitrogen and oxygen atoms in total. The maximum absolute atomic E-state index is 12.7. The van der Waals surface area contributed by atoms with Gasteiger partial charge >= 0.3 is 0 Å². The molecule has 0 atom stereocenters. The highest BCUT2D eigenvalue weighted by atomic mass is 127. The first-order valence-electron chi connectivity index (χ1n) is 10.8. The zero-order valence-corrected chi connectivity index (χ0v) is 19.5.